The summed E-state index contributed by atoms with van der Waals surface area (Å²) in [5.41, 5.74) is 4.68. The predicted octanol–water partition coefficient (Wildman–Crippen LogP) is 2.72. The minimum absolute atomic E-state index is 0.0521. The van der Waals surface area contributed by atoms with E-state index < -0.39 is 0 Å². The van der Waals surface area contributed by atoms with Crippen molar-refractivity contribution in [3.8, 4) is 11.1 Å². The van der Waals surface area contributed by atoms with Crippen LogP contribution in [0, 0.1) is 0 Å². The zero-order chi connectivity index (χ0) is 22.0. The first-order valence-corrected chi connectivity index (χ1v) is 10.4. The van der Waals surface area contributed by atoms with Crippen LogP contribution < -0.4 is 4.90 Å². The Morgan fingerprint density at radius 1 is 1.23 bits per heavy atom. The maximum Gasteiger partial charge on any atom is 0.253 e. The highest BCUT2D eigenvalue weighted by molar-refractivity contribution is 5.94. The highest BCUT2D eigenvalue weighted by Crippen LogP contribution is 2.34. The van der Waals surface area contributed by atoms with Crippen molar-refractivity contribution in [3.05, 3.63) is 59.7 Å². The van der Waals surface area contributed by atoms with Gasteiger partial charge in [-0.15, -0.1) is 0 Å². The van der Waals surface area contributed by atoms with Crippen molar-refractivity contribution in [2.45, 2.75) is 18.9 Å². The summed E-state index contributed by atoms with van der Waals surface area (Å²) in [5, 5.41) is 4.30. The van der Waals surface area contributed by atoms with Crippen LogP contribution in [0.4, 0.5) is 5.95 Å². The van der Waals surface area contributed by atoms with Crippen LogP contribution in [0.15, 0.2) is 42.9 Å². The van der Waals surface area contributed by atoms with Gasteiger partial charge in [-0.2, -0.15) is 5.10 Å². The first-order chi connectivity index (χ1) is 15.0. The number of carbonyl (C=O) groups excluding carboxylic acids is 1. The van der Waals surface area contributed by atoms with E-state index in [0.29, 0.717) is 31.2 Å². The van der Waals surface area contributed by atoms with Gasteiger partial charge in [-0.25, -0.2) is 9.97 Å². The minimum atomic E-state index is 0.0521. The Labute approximate surface area is 182 Å². The van der Waals surface area contributed by atoms with E-state index in [4.69, 9.17) is 9.72 Å². The summed E-state index contributed by atoms with van der Waals surface area (Å²) in [4.78, 5) is 26.3. The van der Waals surface area contributed by atoms with Crippen LogP contribution in [-0.4, -0.2) is 64.9 Å². The summed E-state index contributed by atoms with van der Waals surface area (Å²) in [6.45, 7) is 1.88. The molecule has 3 heterocycles. The Hall–Kier alpha value is -3.26. The number of nitrogens with zero attached hydrogens (tertiary/aromatic N) is 6. The molecule has 1 aromatic carbocycles. The van der Waals surface area contributed by atoms with Gasteiger partial charge in [0.1, 0.15) is 0 Å². The third kappa shape index (κ3) is 4.44. The van der Waals surface area contributed by atoms with Crippen LogP contribution in [-0.2, 0) is 18.4 Å². The molecule has 0 unspecified atom stereocenters. The molecule has 162 valence electrons. The highest BCUT2D eigenvalue weighted by Gasteiger charge is 2.31. The van der Waals surface area contributed by atoms with Crippen LogP contribution in [0.2, 0.25) is 0 Å². The molecule has 1 amide bonds. The molecule has 4 rings (SSSR count). The number of hydrogen-bond donors (Lipinski definition) is 0. The van der Waals surface area contributed by atoms with Gasteiger partial charge in [0.15, 0.2) is 0 Å². The average Bonchev–Trinajstić information content (AvgIpc) is 3.43. The Morgan fingerprint density at radius 3 is 2.65 bits per heavy atom. The SMILES string of the molecule is COCc1ccc(C(=O)N2CC[C@H](c3nc(N(C)C)ncc3-c3cnn(C)c3)C2)cc1. The van der Waals surface area contributed by atoms with Crippen molar-refractivity contribution in [1.82, 2.24) is 24.6 Å². The van der Waals surface area contributed by atoms with E-state index in [1.54, 1.807) is 11.8 Å². The Balaban J connectivity index is 1.58. The monoisotopic (exact) mass is 420 g/mol. The lowest BCUT2D eigenvalue weighted by Gasteiger charge is -2.19. The fraction of sp³-hybridized carbons (Fsp3) is 0.391. The molecule has 0 aliphatic carbocycles. The van der Waals surface area contributed by atoms with Crippen molar-refractivity contribution in [1.29, 1.82) is 0 Å². The van der Waals surface area contributed by atoms with E-state index >= 15 is 0 Å². The van der Waals surface area contributed by atoms with E-state index in [9.17, 15) is 4.79 Å². The Kier molecular flexibility index (Phi) is 5.99. The van der Waals surface area contributed by atoms with Gasteiger partial charge >= 0.3 is 0 Å². The van der Waals surface area contributed by atoms with Crippen LogP contribution in [0.5, 0.6) is 0 Å². The van der Waals surface area contributed by atoms with Crippen LogP contribution in [0.3, 0.4) is 0 Å². The first kappa shape index (κ1) is 21.0. The normalized spacial score (nSPS) is 16.0. The van der Waals surface area contributed by atoms with Crippen LogP contribution in [0.1, 0.15) is 34.0 Å². The zero-order valence-electron chi connectivity index (χ0n) is 18.4. The second-order valence-electron chi connectivity index (χ2n) is 8.13. The number of aromatic nitrogens is 4. The van der Waals surface area contributed by atoms with Gasteiger partial charge in [0.05, 0.1) is 18.5 Å². The van der Waals surface area contributed by atoms with Crippen molar-refractivity contribution < 1.29 is 9.53 Å². The lowest BCUT2D eigenvalue weighted by Crippen LogP contribution is -2.28. The largest absolute Gasteiger partial charge is 0.380 e. The molecule has 8 nitrogen and oxygen atoms in total. The summed E-state index contributed by atoms with van der Waals surface area (Å²) in [7, 11) is 7.42. The number of likely N-dealkylation sites (tertiary alicyclic amines) is 1. The molecule has 3 aromatic rings. The standard InChI is InChI=1S/C23H28N6O2/c1-27(2)23-24-12-20(19-11-25-28(3)13-19)21(26-23)18-9-10-29(14-18)22(30)17-7-5-16(6-8-17)15-31-4/h5-8,11-13,18H,9-10,14-15H2,1-4H3/t18-/m0/s1. The highest BCUT2D eigenvalue weighted by atomic mass is 16.5. The van der Waals surface area contributed by atoms with Crippen molar-refractivity contribution in [3.63, 3.8) is 0 Å². The number of amides is 1. The molecule has 0 radical (unpaired) electrons. The third-order valence-electron chi connectivity index (χ3n) is 5.60. The van der Waals surface area contributed by atoms with Crippen molar-refractivity contribution in [2.24, 2.45) is 7.05 Å². The third-order valence-corrected chi connectivity index (χ3v) is 5.60. The second kappa shape index (κ2) is 8.85. The molecule has 31 heavy (non-hydrogen) atoms. The number of aryl methyl sites for hydroxylation is 1. The molecule has 0 spiro atoms. The second-order valence-corrected chi connectivity index (χ2v) is 8.13. The average molecular weight is 421 g/mol. The lowest BCUT2D eigenvalue weighted by atomic mass is 9.97. The van der Waals surface area contributed by atoms with Gasteiger partial charge in [-0.1, -0.05) is 12.1 Å². The topological polar surface area (TPSA) is 76.4 Å². The molecular formula is C23H28N6O2. The van der Waals surface area contributed by atoms with Crippen LogP contribution in [0.25, 0.3) is 11.1 Å². The van der Waals surface area contributed by atoms with E-state index in [2.05, 4.69) is 10.1 Å². The number of hydrogen-bond acceptors (Lipinski definition) is 6. The van der Waals surface area contributed by atoms with E-state index in [1.807, 2.05) is 73.8 Å². The molecule has 0 bridgehead atoms. The summed E-state index contributed by atoms with van der Waals surface area (Å²) in [6.07, 6.45) is 6.53. The molecule has 1 saturated heterocycles. The van der Waals surface area contributed by atoms with Gasteiger partial charge in [-0.05, 0) is 24.1 Å². The van der Waals surface area contributed by atoms with Crippen LogP contribution >= 0.6 is 0 Å². The molecule has 1 fully saturated rings. The van der Waals surface area contributed by atoms with Gasteiger partial charge in [-0.3, -0.25) is 9.48 Å². The zero-order valence-corrected chi connectivity index (χ0v) is 18.4. The van der Waals surface area contributed by atoms with E-state index in [-0.39, 0.29) is 11.8 Å². The van der Waals surface area contributed by atoms with E-state index in [1.165, 1.54) is 0 Å². The fourth-order valence-corrected chi connectivity index (χ4v) is 3.96. The smallest absolute Gasteiger partial charge is 0.253 e. The summed E-state index contributed by atoms with van der Waals surface area (Å²) in [5.74, 6) is 0.867. The Bertz CT molecular complexity index is 1060. The maximum atomic E-state index is 13.1. The first-order valence-electron chi connectivity index (χ1n) is 10.4. The summed E-state index contributed by atoms with van der Waals surface area (Å²) in [6, 6.07) is 7.64. The molecule has 1 aliphatic rings. The predicted molar refractivity (Wildman–Crippen MR) is 119 cm³/mol. The van der Waals surface area contributed by atoms with E-state index in [0.717, 1.165) is 28.8 Å². The molecule has 2 aromatic heterocycles. The van der Waals surface area contributed by atoms with Crippen molar-refractivity contribution in [2.75, 3.05) is 39.2 Å². The molecule has 0 N–H and O–H groups in total. The van der Waals surface area contributed by atoms with Gasteiger partial charge in [0, 0.05) is 76.3 Å². The van der Waals surface area contributed by atoms with Gasteiger partial charge in [0.25, 0.3) is 5.91 Å². The number of benzene rings is 1. The van der Waals surface area contributed by atoms with Gasteiger partial charge < -0.3 is 14.5 Å². The quantitative estimate of drug-likeness (QED) is 0.610. The number of carbonyl (C=O) groups is 1. The fourth-order valence-electron chi connectivity index (χ4n) is 3.96. The van der Waals surface area contributed by atoms with Crippen molar-refractivity contribution >= 4 is 11.9 Å². The number of rotatable bonds is 6. The van der Waals surface area contributed by atoms with Gasteiger partial charge in [0.2, 0.25) is 5.95 Å². The molecule has 1 aliphatic heterocycles. The minimum Gasteiger partial charge on any atom is -0.380 e. The molecular weight excluding hydrogens is 392 g/mol. The maximum absolute atomic E-state index is 13.1. The molecule has 0 saturated carbocycles. The molecule has 1 atom stereocenters. The summed E-state index contributed by atoms with van der Waals surface area (Å²) >= 11 is 0. The number of anilines is 1. The number of ether oxygens (including phenoxy) is 1. The number of methoxy groups -OCH3 is 1. The summed E-state index contributed by atoms with van der Waals surface area (Å²) < 4.78 is 6.92. The Morgan fingerprint density at radius 2 is 2.00 bits per heavy atom. The lowest BCUT2D eigenvalue weighted by molar-refractivity contribution is 0.0790. The molecule has 8 heteroatoms.